The molecular formula is C24H26N6O7S3. The first-order valence-electron chi connectivity index (χ1n) is 12.2. The van der Waals surface area contributed by atoms with Crippen LogP contribution >= 0.6 is 22.7 Å². The second-order valence-corrected chi connectivity index (χ2v) is 13.7. The van der Waals surface area contributed by atoms with Crippen molar-refractivity contribution in [2.75, 3.05) is 40.3 Å². The Balaban J connectivity index is 1.35. The first-order valence-corrected chi connectivity index (χ1v) is 15.2. The van der Waals surface area contributed by atoms with Gasteiger partial charge in [-0.2, -0.15) is 4.31 Å². The van der Waals surface area contributed by atoms with Crippen molar-refractivity contribution in [2.45, 2.75) is 23.2 Å². The number of hydrogen-bond donors (Lipinski definition) is 3. The van der Waals surface area contributed by atoms with E-state index < -0.39 is 40.6 Å². The van der Waals surface area contributed by atoms with E-state index in [1.165, 1.54) is 29.4 Å². The Kier molecular flexibility index (Phi) is 7.62. The second kappa shape index (κ2) is 10.9. The standard InChI is InChI=1S/C24H26N6O7S3/c1-28-6-5-15-18(12-28)39-21(26-15)22(31)30-8-7-29(11-16(30)23(32)33)40(35,36)19-10-13-3-4-14(9-17(13)38-19)20(25)27-24(34)37-2/h3-4,9-10,16H,5-8,11-12H2,1-2H3,(H,32,33)(H2,25,27,34). The average Bonchev–Trinajstić information content (AvgIpc) is 3.56. The number of alkyl carbamates (subject to hydrolysis) is 1. The van der Waals surface area contributed by atoms with E-state index in [1.807, 2.05) is 7.05 Å². The number of fused-ring (bicyclic) bond motifs is 2. The molecule has 16 heteroatoms. The van der Waals surface area contributed by atoms with Crippen LogP contribution in [0.15, 0.2) is 28.5 Å². The van der Waals surface area contributed by atoms with Crippen LogP contribution in [-0.2, 0) is 32.5 Å². The minimum atomic E-state index is -4.08. The minimum Gasteiger partial charge on any atom is -0.480 e. The van der Waals surface area contributed by atoms with Crippen molar-refractivity contribution in [2.24, 2.45) is 0 Å². The van der Waals surface area contributed by atoms with Crippen LogP contribution in [0.2, 0.25) is 0 Å². The van der Waals surface area contributed by atoms with E-state index in [0.717, 1.165) is 32.8 Å². The molecule has 2 aliphatic heterocycles. The van der Waals surface area contributed by atoms with Gasteiger partial charge in [0.15, 0.2) is 5.01 Å². The fourth-order valence-corrected chi connectivity index (χ4v) is 8.78. The molecule has 3 N–H and O–H groups in total. The summed E-state index contributed by atoms with van der Waals surface area (Å²) < 4.78 is 33.3. The van der Waals surface area contributed by atoms with E-state index >= 15 is 0 Å². The van der Waals surface area contributed by atoms with E-state index in [2.05, 4.69) is 19.9 Å². The molecule has 2 aliphatic rings. The Bertz CT molecular complexity index is 1630. The van der Waals surface area contributed by atoms with Gasteiger partial charge in [-0.3, -0.25) is 15.5 Å². The topological polar surface area (TPSA) is 173 Å². The summed E-state index contributed by atoms with van der Waals surface area (Å²) in [5.74, 6) is -2.01. The molecule has 1 atom stereocenters. The number of nitrogens with zero attached hydrogens (tertiary/aromatic N) is 4. The third kappa shape index (κ3) is 5.32. The number of aromatic nitrogens is 1. The minimum absolute atomic E-state index is 0.00717. The molecule has 0 radical (unpaired) electrons. The Labute approximate surface area is 237 Å². The maximum atomic E-state index is 13.5. The normalized spacial score (nSPS) is 18.4. The zero-order valence-corrected chi connectivity index (χ0v) is 24.0. The van der Waals surface area contributed by atoms with Gasteiger partial charge in [0.05, 0.1) is 12.8 Å². The molecule has 0 saturated carbocycles. The predicted octanol–water partition coefficient (Wildman–Crippen LogP) is 1.63. The monoisotopic (exact) mass is 606 g/mol. The quantitative estimate of drug-likeness (QED) is 0.288. The van der Waals surface area contributed by atoms with Gasteiger partial charge in [0.25, 0.3) is 15.9 Å². The molecule has 2 aromatic heterocycles. The number of piperazine rings is 1. The summed E-state index contributed by atoms with van der Waals surface area (Å²) in [5.41, 5.74) is 1.21. The Morgan fingerprint density at radius 3 is 2.67 bits per heavy atom. The van der Waals surface area contributed by atoms with Crippen LogP contribution in [0.5, 0.6) is 0 Å². The van der Waals surface area contributed by atoms with E-state index in [9.17, 15) is 27.9 Å². The number of carbonyl (C=O) groups is 3. The van der Waals surface area contributed by atoms with Gasteiger partial charge in [0.1, 0.15) is 16.1 Å². The van der Waals surface area contributed by atoms with E-state index in [4.69, 9.17) is 5.41 Å². The molecule has 0 aliphatic carbocycles. The maximum absolute atomic E-state index is 13.5. The number of nitrogens with one attached hydrogen (secondary N) is 2. The summed E-state index contributed by atoms with van der Waals surface area (Å²) in [4.78, 5) is 45.7. The van der Waals surface area contributed by atoms with Crippen LogP contribution in [0.1, 0.15) is 25.9 Å². The summed E-state index contributed by atoms with van der Waals surface area (Å²) >= 11 is 2.23. The average molecular weight is 607 g/mol. The molecule has 1 saturated heterocycles. The van der Waals surface area contributed by atoms with Crippen molar-refractivity contribution < 1.29 is 32.6 Å². The molecule has 40 heavy (non-hydrogen) atoms. The number of likely N-dealkylation sites (N-methyl/N-ethyl adjacent to an activating group) is 1. The molecule has 1 fully saturated rings. The largest absolute Gasteiger partial charge is 0.480 e. The number of amides is 2. The number of thiophene rings is 1. The van der Waals surface area contributed by atoms with Crippen molar-refractivity contribution in [1.29, 1.82) is 5.41 Å². The fourth-order valence-electron chi connectivity index (χ4n) is 4.61. The lowest BCUT2D eigenvalue weighted by molar-refractivity contribution is -0.143. The SMILES string of the molecule is COC(=O)NC(=N)c1ccc2cc(S(=O)(=O)N3CCN(C(=O)c4nc5c(s4)CN(C)CC5)C(C(=O)O)C3)sc2c1. The number of ether oxygens (including phenoxy) is 1. The number of thiazole rings is 1. The lowest BCUT2D eigenvalue weighted by atomic mass is 10.1. The molecule has 212 valence electrons. The fraction of sp³-hybridized carbons (Fsp3) is 0.375. The molecule has 4 heterocycles. The maximum Gasteiger partial charge on any atom is 0.412 e. The van der Waals surface area contributed by atoms with E-state index in [1.54, 1.807) is 18.2 Å². The molecule has 13 nitrogen and oxygen atoms in total. The van der Waals surface area contributed by atoms with Crippen molar-refractivity contribution >= 4 is 66.6 Å². The molecular weight excluding hydrogens is 581 g/mol. The van der Waals surface area contributed by atoms with Gasteiger partial charge in [0.2, 0.25) is 0 Å². The highest BCUT2D eigenvalue weighted by molar-refractivity contribution is 7.91. The zero-order chi connectivity index (χ0) is 28.8. The van der Waals surface area contributed by atoms with Crippen LogP contribution < -0.4 is 5.32 Å². The predicted molar refractivity (Wildman–Crippen MR) is 148 cm³/mol. The van der Waals surface area contributed by atoms with E-state index in [0.29, 0.717) is 28.6 Å². The number of carbonyl (C=O) groups excluding carboxylic acids is 2. The number of aliphatic carboxylic acids is 1. The van der Waals surface area contributed by atoms with Gasteiger partial charge in [-0.05, 0) is 24.6 Å². The number of carboxylic acids is 1. The van der Waals surface area contributed by atoms with Crippen molar-refractivity contribution in [3.8, 4) is 0 Å². The highest BCUT2D eigenvalue weighted by Gasteiger charge is 2.41. The summed E-state index contributed by atoms with van der Waals surface area (Å²) in [6.45, 7) is 0.937. The van der Waals surface area contributed by atoms with Crippen molar-refractivity contribution in [1.82, 2.24) is 24.4 Å². The lowest BCUT2D eigenvalue weighted by Gasteiger charge is -2.37. The number of methoxy groups -OCH3 is 1. The number of carboxylic acid groups (broad SMARTS) is 1. The van der Waals surface area contributed by atoms with Gasteiger partial charge in [-0.25, -0.2) is 23.0 Å². The molecule has 1 unspecified atom stereocenters. The molecule has 2 amide bonds. The van der Waals surface area contributed by atoms with Crippen molar-refractivity contribution in [3.63, 3.8) is 0 Å². The first-order chi connectivity index (χ1) is 19.0. The summed E-state index contributed by atoms with van der Waals surface area (Å²) in [6.07, 6.45) is -0.0870. The lowest BCUT2D eigenvalue weighted by Crippen LogP contribution is -2.59. The highest BCUT2D eigenvalue weighted by Crippen LogP contribution is 2.33. The number of amidine groups is 1. The number of rotatable bonds is 5. The van der Waals surface area contributed by atoms with E-state index in [-0.39, 0.29) is 28.1 Å². The Morgan fingerprint density at radius 1 is 1.18 bits per heavy atom. The van der Waals surface area contributed by atoms with Crippen LogP contribution in [0.25, 0.3) is 10.1 Å². The number of sulfonamides is 1. The summed E-state index contributed by atoms with van der Waals surface area (Å²) in [5, 5.41) is 21.1. The van der Waals surface area contributed by atoms with Crippen LogP contribution in [0, 0.1) is 5.41 Å². The van der Waals surface area contributed by atoms with Gasteiger partial charge in [-0.1, -0.05) is 12.1 Å². The van der Waals surface area contributed by atoms with Crippen molar-refractivity contribution in [3.05, 3.63) is 45.4 Å². The third-order valence-corrected chi connectivity index (χ3v) is 11.3. The summed E-state index contributed by atoms with van der Waals surface area (Å²) in [6, 6.07) is 4.91. The third-order valence-electron chi connectivity index (χ3n) is 6.79. The molecule has 1 aromatic carbocycles. The zero-order valence-electron chi connectivity index (χ0n) is 21.5. The van der Waals surface area contributed by atoms with Crippen LogP contribution in [-0.4, -0.2) is 103 Å². The van der Waals surface area contributed by atoms with Gasteiger partial charge >= 0.3 is 12.1 Å². The smallest absolute Gasteiger partial charge is 0.412 e. The molecule has 0 bridgehead atoms. The highest BCUT2D eigenvalue weighted by atomic mass is 32.2. The Morgan fingerprint density at radius 2 is 1.95 bits per heavy atom. The summed E-state index contributed by atoms with van der Waals surface area (Å²) in [7, 11) is -0.922. The second-order valence-electron chi connectivity index (χ2n) is 9.40. The first kappa shape index (κ1) is 28.1. The van der Waals surface area contributed by atoms with Gasteiger partial charge in [-0.15, -0.1) is 22.7 Å². The number of benzene rings is 1. The van der Waals surface area contributed by atoms with Crippen LogP contribution in [0.3, 0.4) is 0 Å². The molecule has 3 aromatic rings. The molecule has 5 rings (SSSR count). The molecule has 0 spiro atoms. The van der Waals surface area contributed by atoms with Crippen LogP contribution in [0.4, 0.5) is 4.79 Å². The van der Waals surface area contributed by atoms with Gasteiger partial charge in [0, 0.05) is 54.3 Å². The number of hydrogen-bond acceptors (Lipinski definition) is 11. The Hall–Kier alpha value is -3.44. The van der Waals surface area contributed by atoms with Gasteiger partial charge < -0.3 is 19.6 Å².